The first-order chi connectivity index (χ1) is 9.22. The number of hydrogen-bond acceptors (Lipinski definition) is 4. The Kier molecular flexibility index (Phi) is 2.75. The number of aromatic nitrogens is 4. The molecule has 0 aliphatic carbocycles. The molecule has 0 radical (unpaired) electrons. The molecule has 0 unspecified atom stereocenters. The number of aromatic amines is 2. The van der Waals surface area contributed by atoms with Gasteiger partial charge in [0.15, 0.2) is 5.65 Å². The van der Waals surface area contributed by atoms with Crippen LogP contribution < -0.4 is 10.9 Å². The first kappa shape index (κ1) is 11.5. The van der Waals surface area contributed by atoms with Gasteiger partial charge in [0.25, 0.3) is 5.56 Å². The van der Waals surface area contributed by atoms with E-state index in [2.05, 4.69) is 31.5 Å². The van der Waals surface area contributed by atoms with E-state index in [-0.39, 0.29) is 5.56 Å². The number of anilines is 1. The molecule has 6 heteroatoms. The monoisotopic (exact) mass is 255 g/mol. The van der Waals surface area contributed by atoms with Crippen LogP contribution in [0.2, 0.25) is 0 Å². The van der Waals surface area contributed by atoms with E-state index in [1.165, 1.54) is 11.8 Å². The Bertz CT molecular complexity index is 774. The van der Waals surface area contributed by atoms with Gasteiger partial charge in [-0.15, -0.1) is 0 Å². The molecule has 19 heavy (non-hydrogen) atoms. The molecule has 96 valence electrons. The summed E-state index contributed by atoms with van der Waals surface area (Å²) in [5.41, 5.74) is 2.61. The second-order valence-corrected chi connectivity index (χ2v) is 4.39. The minimum atomic E-state index is -0.203. The summed E-state index contributed by atoms with van der Waals surface area (Å²) >= 11 is 0. The van der Waals surface area contributed by atoms with E-state index in [1.54, 1.807) is 0 Å². The SMILES string of the molecule is Cc1cccc(CNc2nc3[nH]ncc3c(=O)[nH]2)c1. The number of H-pyrrole nitrogens is 2. The molecule has 3 rings (SSSR count). The Hall–Kier alpha value is -2.63. The average molecular weight is 255 g/mol. The molecule has 0 fully saturated rings. The van der Waals surface area contributed by atoms with Crippen molar-refractivity contribution in [2.45, 2.75) is 13.5 Å². The Balaban J connectivity index is 1.83. The second-order valence-electron chi connectivity index (χ2n) is 4.39. The van der Waals surface area contributed by atoms with Crippen molar-refractivity contribution in [3.05, 3.63) is 51.9 Å². The average Bonchev–Trinajstić information content (AvgIpc) is 2.85. The third kappa shape index (κ3) is 2.33. The summed E-state index contributed by atoms with van der Waals surface area (Å²) in [5, 5.41) is 10.0. The molecule has 2 aromatic heterocycles. The standard InChI is InChI=1S/C13H13N5O/c1-8-3-2-4-9(5-8)6-14-13-16-11-10(7-15-18-11)12(19)17-13/h2-5,7H,6H2,1H3,(H3,14,15,16,17,18,19). The number of hydrogen-bond donors (Lipinski definition) is 3. The summed E-state index contributed by atoms with van der Waals surface area (Å²) in [5.74, 6) is 0.434. The first-order valence-corrected chi connectivity index (χ1v) is 5.95. The van der Waals surface area contributed by atoms with Gasteiger partial charge in [-0.05, 0) is 12.5 Å². The lowest BCUT2D eigenvalue weighted by Crippen LogP contribution is -2.12. The highest BCUT2D eigenvalue weighted by Gasteiger charge is 2.04. The fraction of sp³-hybridized carbons (Fsp3) is 0.154. The van der Waals surface area contributed by atoms with Crippen LogP contribution in [0.3, 0.4) is 0 Å². The summed E-state index contributed by atoms with van der Waals surface area (Å²) in [7, 11) is 0. The van der Waals surface area contributed by atoms with Gasteiger partial charge in [-0.3, -0.25) is 14.9 Å². The zero-order valence-corrected chi connectivity index (χ0v) is 10.4. The van der Waals surface area contributed by atoms with Gasteiger partial charge in [-0.2, -0.15) is 10.1 Å². The fourth-order valence-electron chi connectivity index (χ4n) is 1.94. The molecule has 6 nitrogen and oxygen atoms in total. The molecule has 0 amide bonds. The maximum Gasteiger partial charge on any atom is 0.263 e. The third-order valence-electron chi connectivity index (χ3n) is 2.86. The van der Waals surface area contributed by atoms with Crippen molar-refractivity contribution in [1.82, 2.24) is 20.2 Å². The van der Waals surface area contributed by atoms with Crippen LogP contribution in [0.4, 0.5) is 5.95 Å². The van der Waals surface area contributed by atoms with Gasteiger partial charge in [0.05, 0.1) is 6.20 Å². The molecule has 1 aromatic carbocycles. The topological polar surface area (TPSA) is 86.5 Å². The van der Waals surface area contributed by atoms with Crippen molar-refractivity contribution in [2.24, 2.45) is 0 Å². The zero-order chi connectivity index (χ0) is 13.2. The molecular formula is C13H13N5O. The smallest absolute Gasteiger partial charge is 0.263 e. The van der Waals surface area contributed by atoms with Gasteiger partial charge >= 0.3 is 0 Å². The van der Waals surface area contributed by atoms with Crippen LogP contribution in [0.5, 0.6) is 0 Å². The van der Waals surface area contributed by atoms with Crippen LogP contribution >= 0.6 is 0 Å². The summed E-state index contributed by atoms with van der Waals surface area (Å²) < 4.78 is 0. The molecule has 0 atom stereocenters. The van der Waals surface area contributed by atoms with Gasteiger partial charge in [0.1, 0.15) is 5.39 Å². The highest BCUT2D eigenvalue weighted by atomic mass is 16.1. The van der Waals surface area contributed by atoms with Crippen LogP contribution in [0.1, 0.15) is 11.1 Å². The zero-order valence-electron chi connectivity index (χ0n) is 10.4. The number of fused-ring (bicyclic) bond motifs is 1. The lowest BCUT2D eigenvalue weighted by atomic mass is 10.1. The Morgan fingerprint density at radius 1 is 1.37 bits per heavy atom. The van der Waals surface area contributed by atoms with E-state index < -0.39 is 0 Å². The van der Waals surface area contributed by atoms with E-state index in [1.807, 2.05) is 25.1 Å². The number of rotatable bonds is 3. The second kappa shape index (κ2) is 4.56. The Morgan fingerprint density at radius 3 is 3.11 bits per heavy atom. The van der Waals surface area contributed by atoms with Crippen molar-refractivity contribution in [1.29, 1.82) is 0 Å². The Morgan fingerprint density at radius 2 is 2.26 bits per heavy atom. The van der Waals surface area contributed by atoms with Crippen molar-refractivity contribution >= 4 is 17.0 Å². The lowest BCUT2D eigenvalue weighted by molar-refractivity contribution is 1.04. The van der Waals surface area contributed by atoms with Gasteiger partial charge in [-0.1, -0.05) is 29.8 Å². The summed E-state index contributed by atoms with van der Waals surface area (Å²) in [4.78, 5) is 18.7. The molecule has 0 saturated heterocycles. The van der Waals surface area contributed by atoms with Crippen molar-refractivity contribution in [3.63, 3.8) is 0 Å². The highest BCUT2D eigenvalue weighted by Crippen LogP contribution is 2.08. The van der Waals surface area contributed by atoms with Crippen molar-refractivity contribution < 1.29 is 0 Å². The van der Waals surface area contributed by atoms with E-state index in [0.29, 0.717) is 23.5 Å². The minimum Gasteiger partial charge on any atom is -0.352 e. The molecule has 3 aromatic rings. The van der Waals surface area contributed by atoms with Crippen molar-refractivity contribution in [2.75, 3.05) is 5.32 Å². The quantitative estimate of drug-likeness (QED) is 0.663. The molecule has 3 N–H and O–H groups in total. The highest BCUT2D eigenvalue weighted by molar-refractivity contribution is 5.73. The maximum absolute atomic E-state index is 11.7. The van der Waals surface area contributed by atoms with Crippen LogP contribution in [0.25, 0.3) is 11.0 Å². The van der Waals surface area contributed by atoms with E-state index in [0.717, 1.165) is 5.56 Å². The molecular weight excluding hydrogens is 242 g/mol. The van der Waals surface area contributed by atoms with Gasteiger partial charge in [-0.25, -0.2) is 0 Å². The van der Waals surface area contributed by atoms with E-state index in [4.69, 9.17) is 0 Å². The predicted octanol–water partition coefficient (Wildman–Crippen LogP) is 1.57. The van der Waals surface area contributed by atoms with Crippen LogP contribution in [-0.2, 0) is 6.54 Å². The minimum absolute atomic E-state index is 0.203. The maximum atomic E-state index is 11.7. The molecule has 0 bridgehead atoms. The number of nitrogens with zero attached hydrogens (tertiary/aromatic N) is 2. The largest absolute Gasteiger partial charge is 0.352 e. The van der Waals surface area contributed by atoms with Crippen LogP contribution in [0.15, 0.2) is 35.3 Å². The van der Waals surface area contributed by atoms with Crippen LogP contribution in [-0.4, -0.2) is 20.2 Å². The van der Waals surface area contributed by atoms with Crippen LogP contribution in [0, 0.1) is 6.92 Å². The number of benzene rings is 1. The summed E-state index contributed by atoms with van der Waals surface area (Å²) in [6.07, 6.45) is 1.46. The molecule has 2 heterocycles. The van der Waals surface area contributed by atoms with Gasteiger partial charge < -0.3 is 5.32 Å². The normalized spacial score (nSPS) is 10.8. The first-order valence-electron chi connectivity index (χ1n) is 5.95. The summed E-state index contributed by atoms with van der Waals surface area (Å²) in [6.45, 7) is 2.64. The number of nitrogens with one attached hydrogen (secondary N) is 3. The number of aryl methyl sites for hydroxylation is 1. The van der Waals surface area contributed by atoms with Crippen molar-refractivity contribution in [3.8, 4) is 0 Å². The lowest BCUT2D eigenvalue weighted by Gasteiger charge is -2.05. The molecule has 0 saturated carbocycles. The molecule has 0 spiro atoms. The van der Waals surface area contributed by atoms with E-state index in [9.17, 15) is 4.79 Å². The Labute approximate surface area is 108 Å². The van der Waals surface area contributed by atoms with Gasteiger partial charge in [0.2, 0.25) is 5.95 Å². The molecule has 0 aliphatic heterocycles. The third-order valence-corrected chi connectivity index (χ3v) is 2.86. The molecule has 0 aliphatic rings. The van der Waals surface area contributed by atoms with Gasteiger partial charge in [0, 0.05) is 6.54 Å². The predicted molar refractivity (Wildman–Crippen MR) is 73.0 cm³/mol. The van der Waals surface area contributed by atoms with E-state index >= 15 is 0 Å². The summed E-state index contributed by atoms with van der Waals surface area (Å²) in [6, 6.07) is 8.15. The fourth-order valence-corrected chi connectivity index (χ4v) is 1.94.